The predicted molar refractivity (Wildman–Crippen MR) is 132 cm³/mol. The summed E-state index contributed by atoms with van der Waals surface area (Å²) in [6.45, 7) is 1.93. The van der Waals surface area contributed by atoms with Crippen molar-refractivity contribution >= 4 is 28.4 Å². The summed E-state index contributed by atoms with van der Waals surface area (Å²) >= 11 is 0. The lowest BCUT2D eigenvalue weighted by Gasteiger charge is -2.30. The van der Waals surface area contributed by atoms with E-state index < -0.39 is 12.1 Å². The summed E-state index contributed by atoms with van der Waals surface area (Å²) in [4.78, 5) is 27.9. The Morgan fingerprint density at radius 1 is 0.972 bits per heavy atom. The van der Waals surface area contributed by atoms with Crippen LogP contribution in [0.2, 0.25) is 0 Å². The molecule has 6 nitrogen and oxygen atoms in total. The molecular formula is C28H24F2N4O2. The Balaban J connectivity index is 1.38. The average molecular weight is 487 g/mol. The van der Waals surface area contributed by atoms with Crippen LogP contribution in [0.3, 0.4) is 0 Å². The number of rotatable bonds is 5. The first-order valence-electron chi connectivity index (χ1n) is 11.9. The van der Waals surface area contributed by atoms with Gasteiger partial charge in [-0.2, -0.15) is 5.10 Å². The van der Waals surface area contributed by atoms with Crippen LogP contribution in [0.4, 0.5) is 14.5 Å². The summed E-state index contributed by atoms with van der Waals surface area (Å²) < 4.78 is 28.8. The number of carbonyl (C=O) groups is 2. The Morgan fingerprint density at radius 2 is 1.61 bits per heavy atom. The summed E-state index contributed by atoms with van der Waals surface area (Å²) in [6.07, 6.45) is 3.51. The zero-order chi connectivity index (χ0) is 25.0. The third-order valence-electron chi connectivity index (χ3n) is 7.30. The van der Waals surface area contributed by atoms with Crippen molar-refractivity contribution < 1.29 is 18.4 Å². The van der Waals surface area contributed by atoms with Gasteiger partial charge in [0.25, 0.3) is 0 Å². The molecule has 2 fully saturated rings. The van der Waals surface area contributed by atoms with Gasteiger partial charge in [-0.05, 0) is 73.0 Å². The van der Waals surface area contributed by atoms with Crippen molar-refractivity contribution in [3.63, 3.8) is 0 Å². The molecule has 2 amide bonds. The highest BCUT2D eigenvalue weighted by molar-refractivity contribution is 6.00. The maximum atomic E-state index is 13.7. The highest BCUT2D eigenvalue weighted by Crippen LogP contribution is 2.46. The predicted octanol–water partition coefficient (Wildman–Crippen LogP) is 5.07. The van der Waals surface area contributed by atoms with Crippen LogP contribution < -0.4 is 10.2 Å². The topological polar surface area (TPSA) is 67.2 Å². The fraction of sp³-hybridized carbons (Fsp3) is 0.250. The lowest BCUT2D eigenvalue weighted by atomic mass is 9.98. The number of hydrogen-bond acceptors (Lipinski definition) is 3. The minimum atomic E-state index is -0.478. The van der Waals surface area contributed by atoms with Gasteiger partial charge < -0.3 is 10.2 Å². The monoisotopic (exact) mass is 486 g/mol. The molecule has 36 heavy (non-hydrogen) atoms. The van der Waals surface area contributed by atoms with E-state index >= 15 is 0 Å². The molecule has 1 saturated heterocycles. The lowest BCUT2D eigenvalue weighted by Crippen LogP contribution is -2.42. The molecule has 1 aliphatic heterocycles. The van der Waals surface area contributed by atoms with Crippen molar-refractivity contribution in [1.29, 1.82) is 0 Å². The maximum absolute atomic E-state index is 13.7. The van der Waals surface area contributed by atoms with Gasteiger partial charge in [0, 0.05) is 22.9 Å². The second kappa shape index (κ2) is 8.26. The molecule has 1 aromatic heterocycles. The summed E-state index contributed by atoms with van der Waals surface area (Å²) in [7, 11) is 0. The molecule has 2 heterocycles. The highest BCUT2D eigenvalue weighted by Gasteiger charge is 2.49. The number of nitrogens with zero attached hydrogens (tertiary/aromatic N) is 3. The summed E-state index contributed by atoms with van der Waals surface area (Å²) in [5, 5.41) is 8.35. The number of hydrogen-bond donors (Lipinski definition) is 1. The smallest absolute Gasteiger partial charge is 0.229 e. The first-order chi connectivity index (χ1) is 17.3. The van der Waals surface area contributed by atoms with E-state index in [1.807, 2.05) is 25.1 Å². The van der Waals surface area contributed by atoms with Crippen LogP contribution in [0.1, 0.15) is 37.8 Å². The Kier molecular flexibility index (Phi) is 5.14. The minimum Gasteiger partial charge on any atom is -0.350 e. The number of halogens is 2. The molecule has 4 aromatic rings. The number of nitrogens with one attached hydrogen (secondary N) is 1. The van der Waals surface area contributed by atoms with Crippen LogP contribution in [0, 0.1) is 17.0 Å². The Morgan fingerprint density at radius 3 is 2.28 bits per heavy atom. The van der Waals surface area contributed by atoms with Gasteiger partial charge in [0.05, 0.1) is 29.5 Å². The van der Waals surface area contributed by atoms with E-state index in [0.29, 0.717) is 5.69 Å². The summed E-state index contributed by atoms with van der Waals surface area (Å²) in [6, 6.07) is 16.8. The zero-order valence-corrected chi connectivity index (χ0v) is 19.6. The number of carbonyl (C=O) groups excluding carboxylic acids is 2. The average Bonchev–Trinajstić information content (AvgIpc) is 3.35. The van der Waals surface area contributed by atoms with Gasteiger partial charge in [0.1, 0.15) is 11.6 Å². The molecule has 0 radical (unpaired) electrons. The van der Waals surface area contributed by atoms with Crippen molar-refractivity contribution in [3.05, 3.63) is 90.1 Å². The van der Waals surface area contributed by atoms with E-state index in [9.17, 15) is 18.4 Å². The molecule has 1 saturated carbocycles. The number of aromatic nitrogens is 2. The van der Waals surface area contributed by atoms with E-state index in [4.69, 9.17) is 0 Å². The van der Waals surface area contributed by atoms with Crippen LogP contribution in [0.15, 0.2) is 72.9 Å². The van der Waals surface area contributed by atoms with Crippen LogP contribution in [0.5, 0.6) is 0 Å². The summed E-state index contributed by atoms with van der Waals surface area (Å²) in [5.74, 6) is -0.865. The molecule has 1 N–H and O–H groups in total. The maximum Gasteiger partial charge on any atom is 0.229 e. The number of anilines is 1. The summed E-state index contributed by atoms with van der Waals surface area (Å²) in [5.41, 5.74) is 2.56. The third kappa shape index (κ3) is 3.82. The molecule has 2 unspecified atom stereocenters. The zero-order valence-electron chi connectivity index (χ0n) is 19.6. The largest absolute Gasteiger partial charge is 0.350 e. The van der Waals surface area contributed by atoms with Crippen molar-refractivity contribution in [1.82, 2.24) is 15.1 Å². The van der Waals surface area contributed by atoms with Gasteiger partial charge in [-0.1, -0.05) is 19.1 Å². The number of amides is 2. The lowest BCUT2D eigenvalue weighted by molar-refractivity contribution is -0.126. The van der Waals surface area contributed by atoms with Gasteiger partial charge >= 0.3 is 0 Å². The molecule has 6 rings (SSSR count). The second-order valence-corrected chi connectivity index (χ2v) is 9.88. The van der Waals surface area contributed by atoms with Gasteiger partial charge in [-0.25, -0.2) is 13.5 Å². The van der Waals surface area contributed by atoms with E-state index in [0.717, 1.165) is 35.0 Å². The molecule has 2 aliphatic rings. The Bertz CT molecular complexity index is 1480. The SMILES string of the molecule is CC1(C(=O)NC2CC(=O)N(c3ccc4c(cnn4-c4ccc(F)cc4)c3)C2c2ccc(F)cc2)CC1. The fourth-order valence-electron chi connectivity index (χ4n) is 4.92. The highest BCUT2D eigenvalue weighted by atomic mass is 19.1. The third-order valence-corrected chi connectivity index (χ3v) is 7.30. The molecule has 0 spiro atoms. The van der Waals surface area contributed by atoms with E-state index in [1.54, 1.807) is 40.0 Å². The molecule has 2 atom stereocenters. The van der Waals surface area contributed by atoms with E-state index in [2.05, 4.69) is 10.4 Å². The van der Waals surface area contributed by atoms with Gasteiger partial charge in [-0.3, -0.25) is 9.59 Å². The van der Waals surface area contributed by atoms with E-state index in [-0.39, 0.29) is 35.3 Å². The Labute approximate surface area is 206 Å². The minimum absolute atomic E-state index is 0.0507. The number of benzene rings is 3. The van der Waals surface area contributed by atoms with Crippen molar-refractivity contribution in [2.24, 2.45) is 5.41 Å². The van der Waals surface area contributed by atoms with Crippen LogP contribution in [0.25, 0.3) is 16.6 Å². The van der Waals surface area contributed by atoms with Gasteiger partial charge in [0.15, 0.2) is 0 Å². The van der Waals surface area contributed by atoms with Gasteiger partial charge in [0.2, 0.25) is 11.8 Å². The molecule has 182 valence electrons. The van der Waals surface area contributed by atoms with Crippen molar-refractivity contribution in [3.8, 4) is 5.69 Å². The van der Waals surface area contributed by atoms with Gasteiger partial charge in [-0.15, -0.1) is 0 Å². The second-order valence-electron chi connectivity index (χ2n) is 9.88. The molecule has 1 aliphatic carbocycles. The van der Waals surface area contributed by atoms with Crippen molar-refractivity contribution in [2.75, 3.05) is 4.90 Å². The quantitative estimate of drug-likeness (QED) is 0.429. The Hall–Kier alpha value is -4.07. The molecule has 8 heteroatoms. The molecule has 3 aromatic carbocycles. The van der Waals surface area contributed by atoms with Crippen LogP contribution in [-0.2, 0) is 9.59 Å². The van der Waals surface area contributed by atoms with Crippen LogP contribution in [-0.4, -0.2) is 27.6 Å². The first-order valence-corrected chi connectivity index (χ1v) is 11.9. The van der Waals surface area contributed by atoms with Crippen LogP contribution >= 0.6 is 0 Å². The normalized spacial score (nSPS) is 20.6. The molecule has 0 bridgehead atoms. The standard InChI is InChI=1S/C28H24F2N4O2/c1-28(12-13-28)27(36)32-23-15-25(35)33(26(23)17-2-4-19(29)5-3-17)22-10-11-24-18(14-22)16-31-34(24)21-8-6-20(30)7-9-21/h2-11,14,16,23,26H,12-13,15H2,1H3,(H,32,36). The fourth-order valence-corrected chi connectivity index (χ4v) is 4.92. The van der Waals surface area contributed by atoms with Crippen molar-refractivity contribution in [2.45, 2.75) is 38.3 Å². The molecular weight excluding hydrogens is 462 g/mol. The number of fused-ring (bicyclic) bond motifs is 1. The first kappa shape index (κ1) is 22.4. The van der Waals surface area contributed by atoms with E-state index in [1.165, 1.54) is 24.3 Å².